The summed E-state index contributed by atoms with van der Waals surface area (Å²) in [5.74, 6) is -15.4. The summed E-state index contributed by atoms with van der Waals surface area (Å²) in [4.78, 5) is 53.0. The standard InChI is InChI=1S/C33H42F3NO13/c1-8-14-17(29(5)30(6,46)27(45)50-32(29)25(8)49-32)20(41)15-13-16(22(47-10(3)39)24(43)31(14,15)9(2)38)28(4)11(7-12-21(48-12)23(28)42)18(19(13)40)37-26(44)33(34,35)36/h8,11-25,40-43,46H,7H2,1-6H3,(H,37,44)/t8-,11?,12-,13-,14-,15+,16+,17-,18+,19+,20+,21-,22-,23-,24-,25+,28-,29-,30+,31+,32-/m0/s1. The molecule has 1 spiro atoms. The van der Waals surface area contributed by atoms with Crippen LogP contribution in [0.15, 0.2) is 0 Å². The smallest absolute Gasteiger partial charge is 0.459 e. The molecule has 8 aliphatic rings. The largest absolute Gasteiger partial charge is 0.471 e. The number of ketones is 1. The van der Waals surface area contributed by atoms with E-state index in [-0.39, 0.29) is 6.42 Å². The van der Waals surface area contributed by atoms with Gasteiger partial charge in [0.05, 0.1) is 41.3 Å². The number of fused-ring (bicyclic) bond motifs is 9. The SMILES string of the molecule is CC(=O)O[C@H]1[C@H]2[C@@H]([C@@H](O)[C@H](NC(=O)C(F)(F)F)C3C[C@@H]4O[C@@H]4[C@H](O)[C@@]32C)[C@@H]2[C@@H](O)[C@@H]3[C@H]([C@H](C)[C@H]4O[C@]45OC(=O)[C@@](C)(O)[C@]35C)[C@@]2(C(C)=O)[C@H]1O. The van der Waals surface area contributed by atoms with Gasteiger partial charge in [-0.2, -0.15) is 13.2 Å². The van der Waals surface area contributed by atoms with Gasteiger partial charge in [0.1, 0.15) is 30.2 Å². The fourth-order valence-corrected chi connectivity index (χ4v) is 13.1. The fourth-order valence-electron chi connectivity index (χ4n) is 13.1. The van der Waals surface area contributed by atoms with Gasteiger partial charge in [0.2, 0.25) is 5.79 Å². The monoisotopic (exact) mass is 717 g/mol. The Balaban J connectivity index is 1.38. The van der Waals surface area contributed by atoms with E-state index >= 15 is 0 Å². The van der Waals surface area contributed by atoms with Gasteiger partial charge in [-0.05, 0) is 44.9 Å². The van der Waals surface area contributed by atoms with E-state index in [1.54, 1.807) is 6.92 Å². The zero-order valence-corrected chi connectivity index (χ0v) is 28.1. The molecule has 1 unspecified atom stereocenters. The Labute approximate surface area is 283 Å². The molecule has 8 fully saturated rings. The van der Waals surface area contributed by atoms with Gasteiger partial charge in [0, 0.05) is 36.0 Å². The van der Waals surface area contributed by atoms with E-state index in [4.69, 9.17) is 18.9 Å². The number of aliphatic hydroxyl groups is 5. The summed E-state index contributed by atoms with van der Waals surface area (Å²) in [6.45, 7) is 8.04. The van der Waals surface area contributed by atoms with E-state index < -0.39 is 154 Å². The summed E-state index contributed by atoms with van der Waals surface area (Å²) >= 11 is 0. The maximum atomic E-state index is 14.4. The lowest BCUT2D eigenvalue weighted by molar-refractivity contribution is -0.280. The number of ether oxygens (including phenoxy) is 4. The Hall–Kier alpha value is -2.41. The summed E-state index contributed by atoms with van der Waals surface area (Å²) < 4.78 is 64.5. The van der Waals surface area contributed by atoms with Gasteiger partial charge < -0.3 is 49.8 Å². The van der Waals surface area contributed by atoms with Gasteiger partial charge in [0.15, 0.2) is 5.60 Å². The third-order valence-corrected chi connectivity index (χ3v) is 15.2. The molecule has 17 heteroatoms. The van der Waals surface area contributed by atoms with Crippen LogP contribution in [0.4, 0.5) is 13.2 Å². The minimum absolute atomic E-state index is 0.0144. The normalized spacial score (nSPS) is 59.6. The Morgan fingerprint density at radius 2 is 1.60 bits per heavy atom. The van der Waals surface area contributed by atoms with Crippen LogP contribution >= 0.6 is 0 Å². The van der Waals surface area contributed by atoms with Crippen molar-refractivity contribution < 1.29 is 76.8 Å². The molecule has 278 valence electrons. The summed E-state index contributed by atoms with van der Waals surface area (Å²) in [5.41, 5.74) is -7.82. The highest BCUT2D eigenvalue weighted by Gasteiger charge is 2.93. The van der Waals surface area contributed by atoms with Crippen molar-refractivity contribution in [3.05, 3.63) is 0 Å². The van der Waals surface area contributed by atoms with Crippen LogP contribution in [0, 0.1) is 57.7 Å². The molecule has 0 aromatic heterocycles. The number of hydrogen-bond acceptors (Lipinski definition) is 13. The predicted molar refractivity (Wildman–Crippen MR) is 155 cm³/mol. The number of Topliss-reactive ketones (excluding diaryl/α,β-unsaturated/α-hetero) is 1. The Kier molecular flexibility index (Phi) is 6.77. The zero-order valence-electron chi connectivity index (χ0n) is 28.1. The lowest BCUT2D eigenvalue weighted by Crippen LogP contribution is -2.77. The number of carbonyl (C=O) groups excluding carboxylic acids is 4. The second kappa shape index (κ2) is 9.76. The first-order valence-corrected chi connectivity index (χ1v) is 17.1. The van der Waals surface area contributed by atoms with Crippen LogP contribution < -0.4 is 5.32 Å². The number of amides is 1. The first-order chi connectivity index (χ1) is 23.0. The number of esters is 2. The van der Waals surface area contributed by atoms with Crippen LogP contribution in [-0.2, 0) is 38.1 Å². The number of alkyl halides is 3. The molecule has 6 N–H and O–H groups in total. The van der Waals surface area contributed by atoms with Gasteiger partial charge in [-0.1, -0.05) is 13.8 Å². The molecule has 3 heterocycles. The number of rotatable bonds is 3. The van der Waals surface area contributed by atoms with Gasteiger partial charge >= 0.3 is 24.0 Å². The van der Waals surface area contributed by atoms with Gasteiger partial charge in [-0.25, -0.2) is 4.79 Å². The molecule has 3 aliphatic heterocycles. The Morgan fingerprint density at radius 3 is 2.18 bits per heavy atom. The van der Waals surface area contributed by atoms with Crippen LogP contribution in [-0.4, -0.2) is 122 Å². The molecular weight excluding hydrogens is 675 g/mol. The quantitative estimate of drug-likeness (QED) is 0.152. The minimum Gasteiger partial charge on any atom is -0.459 e. The summed E-state index contributed by atoms with van der Waals surface area (Å²) in [7, 11) is 0. The molecule has 0 radical (unpaired) electrons. The van der Waals surface area contributed by atoms with Crippen LogP contribution in [0.3, 0.4) is 0 Å². The number of aliphatic hydroxyl groups excluding tert-OH is 4. The zero-order chi connectivity index (χ0) is 36.8. The summed E-state index contributed by atoms with van der Waals surface area (Å²) in [6, 6.07) is -1.71. The number of halogens is 3. The van der Waals surface area contributed by atoms with Gasteiger partial charge in [-0.15, -0.1) is 0 Å². The lowest BCUT2D eigenvalue weighted by Gasteiger charge is -2.67. The number of nitrogens with one attached hydrogen (secondary N) is 1. The first-order valence-electron chi connectivity index (χ1n) is 17.1. The molecule has 5 aliphatic carbocycles. The molecule has 0 aromatic rings. The van der Waals surface area contributed by atoms with E-state index in [1.165, 1.54) is 20.8 Å². The second-order valence-electron chi connectivity index (χ2n) is 16.7. The van der Waals surface area contributed by atoms with Crippen molar-refractivity contribution in [1.29, 1.82) is 0 Å². The van der Waals surface area contributed by atoms with Crippen molar-refractivity contribution in [1.82, 2.24) is 5.32 Å². The second-order valence-corrected chi connectivity index (χ2v) is 16.7. The summed E-state index contributed by atoms with van der Waals surface area (Å²) in [5, 5.41) is 63.3. The van der Waals surface area contributed by atoms with Crippen molar-refractivity contribution in [2.24, 2.45) is 57.7 Å². The van der Waals surface area contributed by atoms with Crippen molar-refractivity contribution in [2.75, 3.05) is 0 Å². The maximum Gasteiger partial charge on any atom is 0.471 e. The third kappa shape index (κ3) is 3.56. The third-order valence-electron chi connectivity index (χ3n) is 15.2. The number of epoxide rings is 2. The Bertz CT molecular complexity index is 1590. The molecule has 21 atom stereocenters. The maximum absolute atomic E-state index is 14.4. The molecule has 3 saturated heterocycles. The Morgan fingerprint density at radius 1 is 0.960 bits per heavy atom. The fraction of sp³-hybridized carbons (Fsp3) is 0.879. The molecule has 0 bridgehead atoms. The number of hydrogen-bond donors (Lipinski definition) is 6. The van der Waals surface area contributed by atoms with Crippen LogP contribution in [0.1, 0.15) is 48.0 Å². The predicted octanol–water partition coefficient (Wildman–Crippen LogP) is -1.04. The van der Waals surface area contributed by atoms with Crippen LogP contribution in [0.2, 0.25) is 0 Å². The number of carbonyl (C=O) groups is 4. The highest BCUT2D eigenvalue weighted by atomic mass is 19.4. The topological polar surface area (TPSA) is 225 Å². The molecule has 8 rings (SSSR count). The molecule has 14 nitrogen and oxygen atoms in total. The molecule has 50 heavy (non-hydrogen) atoms. The average Bonchev–Trinajstić information content (AvgIpc) is 3.91. The minimum atomic E-state index is -5.37. The van der Waals surface area contributed by atoms with E-state index in [2.05, 4.69) is 0 Å². The molecule has 5 saturated carbocycles. The van der Waals surface area contributed by atoms with E-state index in [1.807, 2.05) is 5.32 Å². The van der Waals surface area contributed by atoms with Crippen molar-refractivity contribution in [3.63, 3.8) is 0 Å². The van der Waals surface area contributed by atoms with E-state index in [0.29, 0.717) is 0 Å². The van der Waals surface area contributed by atoms with Crippen molar-refractivity contribution >= 4 is 23.6 Å². The van der Waals surface area contributed by atoms with Crippen LogP contribution in [0.5, 0.6) is 0 Å². The van der Waals surface area contributed by atoms with Crippen molar-refractivity contribution in [2.45, 2.75) is 120 Å². The molecule has 0 aromatic carbocycles. The molecular formula is C33H42F3NO13. The van der Waals surface area contributed by atoms with Crippen molar-refractivity contribution in [3.8, 4) is 0 Å². The van der Waals surface area contributed by atoms with E-state index in [0.717, 1.165) is 13.8 Å². The average molecular weight is 718 g/mol. The van der Waals surface area contributed by atoms with Crippen LogP contribution in [0.25, 0.3) is 0 Å². The molecule has 1 amide bonds. The van der Waals surface area contributed by atoms with Gasteiger partial charge in [0.25, 0.3) is 0 Å². The summed E-state index contributed by atoms with van der Waals surface area (Å²) in [6.07, 6.45) is -16.5. The highest BCUT2D eigenvalue weighted by Crippen LogP contribution is 2.80. The lowest BCUT2D eigenvalue weighted by atomic mass is 9.39. The first kappa shape index (κ1) is 34.7. The van der Waals surface area contributed by atoms with Gasteiger partial charge in [-0.3, -0.25) is 14.4 Å². The highest BCUT2D eigenvalue weighted by molar-refractivity contribution is 5.87. The van der Waals surface area contributed by atoms with E-state index in [9.17, 15) is 57.9 Å².